The fourth-order valence-corrected chi connectivity index (χ4v) is 2.68. The molecule has 2 unspecified atom stereocenters. The molecular weight excluding hydrogens is 210 g/mol. The molecule has 0 radical (unpaired) electrons. The van der Waals surface area contributed by atoms with Crippen molar-refractivity contribution < 1.29 is 4.74 Å². The lowest BCUT2D eigenvalue weighted by Crippen LogP contribution is -2.31. The first-order valence-electron chi connectivity index (χ1n) is 7.11. The molecule has 104 valence electrons. The van der Waals surface area contributed by atoms with Crippen molar-refractivity contribution in [1.29, 1.82) is 0 Å². The summed E-state index contributed by atoms with van der Waals surface area (Å²) in [6.07, 6.45) is 4.99. The third-order valence-corrected chi connectivity index (χ3v) is 3.04. The van der Waals surface area contributed by atoms with Gasteiger partial charge in [-0.2, -0.15) is 0 Å². The largest absolute Gasteiger partial charge is 0.385 e. The molecule has 0 heterocycles. The number of hydrogen-bond acceptors (Lipinski definition) is 2. The van der Waals surface area contributed by atoms with E-state index >= 15 is 0 Å². The van der Waals surface area contributed by atoms with Gasteiger partial charge < -0.3 is 10.1 Å². The Morgan fingerprint density at radius 2 is 1.88 bits per heavy atom. The smallest absolute Gasteiger partial charge is 0.0462 e. The summed E-state index contributed by atoms with van der Waals surface area (Å²) in [5.74, 6) is 0.793. The van der Waals surface area contributed by atoms with Crippen LogP contribution in [-0.4, -0.2) is 26.3 Å². The molecule has 0 aromatic heterocycles. The minimum atomic E-state index is 0.447. The van der Waals surface area contributed by atoms with E-state index in [-0.39, 0.29) is 0 Å². The maximum atomic E-state index is 5.13. The van der Waals surface area contributed by atoms with E-state index in [9.17, 15) is 0 Å². The van der Waals surface area contributed by atoms with Crippen molar-refractivity contribution in [3.63, 3.8) is 0 Å². The highest BCUT2D eigenvalue weighted by Crippen LogP contribution is 2.27. The second kappa shape index (κ2) is 8.93. The van der Waals surface area contributed by atoms with Crippen molar-refractivity contribution in [2.24, 2.45) is 11.3 Å². The van der Waals surface area contributed by atoms with Gasteiger partial charge in [-0.15, -0.1) is 0 Å². The highest BCUT2D eigenvalue weighted by molar-refractivity contribution is 4.73. The molecule has 0 aliphatic heterocycles. The van der Waals surface area contributed by atoms with Gasteiger partial charge in [-0.1, -0.05) is 34.6 Å². The van der Waals surface area contributed by atoms with Crippen molar-refractivity contribution in [1.82, 2.24) is 5.32 Å². The van der Waals surface area contributed by atoms with Crippen LogP contribution >= 0.6 is 0 Å². The van der Waals surface area contributed by atoms with Crippen LogP contribution in [0.3, 0.4) is 0 Å². The van der Waals surface area contributed by atoms with Gasteiger partial charge in [0.15, 0.2) is 0 Å². The fourth-order valence-electron chi connectivity index (χ4n) is 2.68. The van der Waals surface area contributed by atoms with E-state index in [1.54, 1.807) is 7.11 Å². The zero-order valence-corrected chi connectivity index (χ0v) is 12.8. The Balaban J connectivity index is 3.96. The first-order valence-corrected chi connectivity index (χ1v) is 7.11. The van der Waals surface area contributed by atoms with E-state index in [2.05, 4.69) is 39.9 Å². The topological polar surface area (TPSA) is 21.3 Å². The fraction of sp³-hybridized carbons (Fsp3) is 1.00. The van der Waals surface area contributed by atoms with Gasteiger partial charge in [0.05, 0.1) is 0 Å². The van der Waals surface area contributed by atoms with Crippen molar-refractivity contribution in [3.05, 3.63) is 0 Å². The molecule has 17 heavy (non-hydrogen) atoms. The number of hydrogen-bond donors (Lipinski definition) is 1. The Hall–Kier alpha value is -0.0800. The van der Waals surface area contributed by atoms with Crippen LogP contribution in [0.5, 0.6) is 0 Å². The first kappa shape index (κ1) is 16.9. The van der Waals surface area contributed by atoms with Crippen LogP contribution in [-0.2, 0) is 4.74 Å². The Morgan fingerprint density at radius 1 is 1.24 bits per heavy atom. The molecule has 0 spiro atoms. The highest BCUT2D eigenvalue weighted by Gasteiger charge is 2.18. The average molecular weight is 243 g/mol. The van der Waals surface area contributed by atoms with Crippen LogP contribution in [0.1, 0.15) is 60.3 Å². The monoisotopic (exact) mass is 243 g/mol. The molecule has 0 aliphatic rings. The van der Waals surface area contributed by atoms with Crippen LogP contribution < -0.4 is 5.32 Å². The predicted molar refractivity (Wildman–Crippen MR) is 76.4 cm³/mol. The van der Waals surface area contributed by atoms with Gasteiger partial charge in [-0.25, -0.2) is 0 Å². The lowest BCUT2D eigenvalue weighted by Gasteiger charge is -2.27. The lowest BCUT2D eigenvalue weighted by atomic mass is 9.82. The molecule has 2 heteroatoms. The minimum absolute atomic E-state index is 0.447. The van der Waals surface area contributed by atoms with E-state index < -0.39 is 0 Å². The average Bonchev–Trinajstić information content (AvgIpc) is 2.15. The van der Waals surface area contributed by atoms with Crippen molar-refractivity contribution in [2.45, 2.75) is 66.3 Å². The molecule has 0 aromatic carbocycles. The number of rotatable bonds is 9. The highest BCUT2D eigenvalue weighted by atomic mass is 16.5. The Kier molecular flexibility index (Phi) is 8.89. The standard InChI is InChI=1S/C15H33NO/c1-7-16-14(9-8-10-17-6)11-13(2)12-15(3,4)5/h13-14,16H,7-12H2,1-6H3. The van der Waals surface area contributed by atoms with Crippen molar-refractivity contribution >= 4 is 0 Å². The zero-order chi connectivity index (χ0) is 13.3. The van der Waals surface area contributed by atoms with Gasteiger partial charge in [0.2, 0.25) is 0 Å². The van der Waals surface area contributed by atoms with Crippen molar-refractivity contribution in [3.8, 4) is 0 Å². The Labute approximate surface area is 109 Å². The summed E-state index contributed by atoms with van der Waals surface area (Å²) >= 11 is 0. The molecule has 0 aromatic rings. The van der Waals surface area contributed by atoms with E-state index in [1.165, 1.54) is 19.3 Å². The molecule has 0 saturated carbocycles. The Bertz CT molecular complexity index is 174. The predicted octanol–water partition coefficient (Wildman–Crippen LogP) is 3.85. The summed E-state index contributed by atoms with van der Waals surface area (Å²) in [4.78, 5) is 0. The maximum absolute atomic E-state index is 5.13. The second-order valence-electron chi connectivity index (χ2n) is 6.50. The molecular formula is C15H33NO. The Morgan fingerprint density at radius 3 is 2.35 bits per heavy atom. The molecule has 0 aliphatic carbocycles. The SMILES string of the molecule is CCNC(CCCOC)CC(C)CC(C)(C)C. The summed E-state index contributed by atoms with van der Waals surface area (Å²) < 4.78 is 5.13. The first-order chi connectivity index (χ1) is 7.89. The quantitative estimate of drug-likeness (QED) is 0.621. The number of ether oxygens (including phenoxy) is 1. The second-order valence-corrected chi connectivity index (χ2v) is 6.50. The van der Waals surface area contributed by atoms with Gasteiger partial charge in [0, 0.05) is 19.8 Å². The molecule has 0 bridgehead atoms. The molecule has 0 rings (SSSR count). The minimum Gasteiger partial charge on any atom is -0.385 e. The third-order valence-electron chi connectivity index (χ3n) is 3.04. The van der Waals surface area contributed by atoms with Crippen LogP contribution in [0.25, 0.3) is 0 Å². The zero-order valence-electron chi connectivity index (χ0n) is 12.8. The molecule has 0 saturated heterocycles. The van der Waals surface area contributed by atoms with Crippen LogP contribution in [0, 0.1) is 11.3 Å². The number of methoxy groups -OCH3 is 1. The van der Waals surface area contributed by atoms with E-state index in [0.29, 0.717) is 11.5 Å². The van der Waals surface area contributed by atoms with Crippen LogP contribution in [0.15, 0.2) is 0 Å². The van der Waals surface area contributed by atoms with Gasteiger partial charge >= 0.3 is 0 Å². The summed E-state index contributed by atoms with van der Waals surface area (Å²) in [5, 5.41) is 3.60. The maximum Gasteiger partial charge on any atom is 0.0462 e. The lowest BCUT2D eigenvalue weighted by molar-refractivity contribution is 0.185. The molecule has 0 amide bonds. The van der Waals surface area contributed by atoms with Crippen LogP contribution in [0.4, 0.5) is 0 Å². The molecule has 1 N–H and O–H groups in total. The summed E-state index contributed by atoms with van der Waals surface area (Å²) in [7, 11) is 1.78. The normalized spacial score (nSPS) is 15.9. The van der Waals surface area contributed by atoms with Gasteiger partial charge in [-0.05, 0) is 43.6 Å². The summed E-state index contributed by atoms with van der Waals surface area (Å²) in [5.41, 5.74) is 0.447. The van der Waals surface area contributed by atoms with Crippen LogP contribution in [0.2, 0.25) is 0 Å². The van der Waals surface area contributed by atoms with Gasteiger partial charge in [0.25, 0.3) is 0 Å². The summed E-state index contributed by atoms with van der Waals surface area (Å²) in [6.45, 7) is 13.5. The molecule has 2 nitrogen and oxygen atoms in total. The molecule has 0 fully saturated rings. The van der Waals surface area contributed by atoms with E-state index in [0.717, 1.165) is 25.5 Å². The molecule has 2 atom stereocenters. The summed E-state index contributed by atoms with van der Waals surface area (Å²) in [6, 6.07) is 0.660. The van der Waals surface area contributed by atoms with E-state index in [4.69, 9.17) is 4.74 Å². The number of nitrogens with one attached hydrogen (secondary N) is 1. The van der Waals surface area contributed by atoms with Crippen molar-refractivity contribution in [2.75, 3.05) is 20.3 Å². The van der Waals surface area contributed by atoms with Gasteiger partial charge in [0.1, 0.15) is 0 Å². The van der Waals surface area contributed by atoms with E-state index in [1.807, 2.05) is 0 Å². The van der Waals surface area contributed by atoms with Gasteiger partial charge in [-0.3, -0.25) is 0 Å². The third kappa shape index (κ3) is 10.8.